The number of ether oxygens (including phenoxy) is 1. The molecule has 1 amide bonds. The van der Waals surface area contributed by atoms with Crippen molar-refractivity contribution in [3.8, 4) is 22.9 Å². The zero-order chi connectivity index (χ0) is 29.1. The SMILES string of the molecule is Cc1ccc2c(NC(=O)CC(C)(C)C)c(F)ccc2c1Oc1ncccc1-c1ccnc(N[C@@H]2CNC[C@H](C)C2)n1. The van der Waals surface area contributed by atoms with Crippen LogP contribution in [0, 0.1) is 24.1 Å². The summed E-state index contributed by atoms with van der Waals surface area (Å²) < 4.78 is 21.4. The Morgan fingerprint density at radius 3 is 2.66 bits per heavy atom. The third kappa shape index (κ3) is 6.79. The number of rotatable bonds is 7. The average Bonchev–Trinajstić information content (AvgIpc) is 2.91. The summed E-state index contributed by atoms with van der Waals surface area (Å²) in [5, 5.41) is 10.9. The molecule has 2 atom stereocenters. The molecule has 0 spiro atoms. The van der Waals surface area contributed by atoms with E-state index in [9.17, 15) is 9.18 Å². The van der Waals surface area contributed by atoms with Gasteiger partial charge < -0.3 is 20.7 Å². The van der Waals surface area contributed by atoms with Crippen LogP contribution in [0.1, 0.15) is 46.1 Å². The molecule has 41 heavy (non-hydrogen) atoms. The van der Waals surface area contributed by atoms with Crippen LogP contribution in [-0.2, 0) is 4.79 Å². The second-order valence-electron chi connectivity index (χ2n) is 12.1. The van der Waals surface area contributed by atoms with Gasteiger partial charge in [-0.2, -0.15) is 0 Å². The number of carbonyl (C=O) groups excluding carboxylic acids is 1. The predicted molar refractivity (Wildman–Crippen MR) is 161 cm³/mol. The standard InChI is InChI=1S/C32H37FN6O2/c1-19-15-21(18-34-17-19)37-31-36-14-12-26(38-31)24-7-6-13-35-30(24)41-29-20(2)8-9-22-23(29)10-11-25(33)28(22)39-27(40)16-32(3,4)5/h6-14,19,21,34H,15-18H2,1-5H3,(H,39,40)(H,36,37,38)/t19-,21+/m1/s1. The zero-order valence-electron chi connectivity index (χ0n) is 24.2. The zero-order valence-corrected chi connectivity index (χ0v) is 24.2. The third-order valence-electron chi connectivity index (χ3n) is 7.06. The van der Waals surface area contributed by atoms with Crippen LogP contribution in [0.25, 0.3) is 22.0 Å². The highest BCUT2D eigenvalue weighted by Gasteiger charge is 2.22. The summed E-state index contributed by atoms with van der Waals surface area (Å²) in [4.78, 5) is 26.4. The minimum Gasteiger partial charge on any atom is -0.437 e. The molecule has 5 rings (SSSR count). The van der Waals surface area contributed by atoms with Crippen molar-refractivity contribution in [1.29, 1.82) is 0 Å². The van der Waals surface area contributed by atoms with E-state index in [1.165, 1.54) is 6.07 Å². The summed E-state index contributed by atoms with van der Waals surface area (Å²) in [6.07, 6.45) is 4.69. The maximum atomic E-state index is 15.0. The van der Waals surface area contributed by atoms with Gasteiger partial charge in [0.25, 0.3) is 0 Å². The monoisotopic (exact) mass is 556 g/mol. The molecular formula is C32H37FN6O2. The van der Waals surface area contributed by atoms with Crippen LogP contribution in [-0.4, -0.2) is 40.0 Å². The van der Waals surface area contributed by atoms with Crippen LogP contribution in [0.3, 0.4) is 0 Å². The Hall–Kier alpha value is -4.11. The smallest absolute Gasteiger partial charge is 0.228 e. The van der Waals surface area contributed by atoms with Crippen molar-refractivity contribution in [2.45, 2.75) is 53.5 Å². The molecule has 2 aromatic carbocycles. The van der Waals surface area contributed by atoms with E-state index in [0.29, 0.717) is 45.5 Å². The third-order valence-corrected chi connectivity index (χ3v) is 7.06. The largest absolute Gasteiger partial charge is 0.437 e. The second-order valence-corrected chi connectivity index (χ2v) is 12.1. The van der Waals surface area contributed by atoms with Crippen molar-refractivity contribution in [2.24, 2.45) is 11.3 Å². The number of hydrogen-bond donors (Lipinski definition) is 3. The molecule has 3 heterocycles. The first kappa shape index (κ1) is 28.4. The number of carbonyl (C=O) groups is 1. The summed E-state index contributed by atoms with van der Waals surface area (Å²) in [5.74, 6) is 1.27. The Balaban J connectivity index is 1.47. The van der Waals surface area contributed by atoms with Gasteiger partial charge in [-0.1, -0.05) is 39.8 Å². The molecular weight excluding hydrogens is 519 g/mol. The van der Waals surface area contributed by atoms with Crippen molar-refractivity contribution in [2.75, 3.05) is 23.7 Å². The number of aromatic nitrogens is 3. The van der Waals surface area contributed by atoms with E-state index in [0.717, 1.165) is 25.1 Å². The Bertz CT molecular complexity index is 1570. The van der Waals surface area contributed by atoms with Crippen LogP contribution >= 0.6 is 0 Å². The number of anilines is 2. The summed E-state index contributed by atoms with van der Waals surface area (Å²) in [6.45, 7) is 11.9. The number of fused-ring (bicyclic) bond motifs is 1. The highest BCUT2D eigenvalue weighted by Crippen LogP contribution is 2.39. The number of amides is 1. The topological polar surface area (TPSA) is 101 Å². The Labute approximate surface area is 240 Å². The lowest BCUT2D eigenvalue weighted by molar-refractivity contribution is -0.117. The Kier molecular flexibility index (Phi) is 8.17. The Morgan fingerprint density at radius 1 is 1.07 bits per heavy atom. The van der Waals surface area contributed by atoms with Crippen LogP contribution in [0.2, 0.25) is 0 Å². The fourth-order valence-corrected chi connectivity index (χ4v) is 5.18. The lowest BCUT2D eigenvalue weighted by Gasteiger charge is -2.28. The van der Waals surface area contributed by atoms with Crippen LogP contribution in [0.4, 0.5) is 16.0 Å². The quantitative estimate of drug-likeness (QED) is 0.232. The van der Waals surface area contributed by atoms with Gasteiger partial charge in [0, 0.05) is 42.2 Å². The molecule has 1 aliphatic rings. The molecule has 2 aromatic heterocycles. The van der Waals surface area contributed by atoms with Gasteiger partial charge in [-0.15, -0.1) is 0 Å². The van der Waals surface area contributed by atoms with Gasteiger partial charge in [0.1, 0.15) is 11.6 Å². The number of nitrogens with zero attached hydrogens (tertiary/aromatic N) is 3. The second kappa shape index (κ2) is 11.8. The first-order valence-corrected chi connectivity index (χ1v) is 14.0. The van der Waals surface area contributed by atoms with E-state index < -0.39 is 5.82 Å². The normalized spacial score (nSPS) is 17.3. The molecule has 8 nitrogen and oxygen atoms in total. The van der Waals surface area contributed by atoms with Gasteiger partial charge in [-0.3, -0.25) is 4.79 Å². The van der Waals surface area contributed by atoms with Crippen LogP contribution < -0.4 is 20.7 Å². The molecule has 0 bridgehead atoms. The van der Waals surface area contributed by atoms with Crippen molar-refractivity contribution >= 4 is 28.3 Å². The molecule has 0 aliphatic carbocycles. The Morgan fingerprint density at radius 2 is 1.88 bits per heavy atom. The van der Waals surface area contributed by atoms with E-state index in [-0.39, 0.29) is 29.5 Å². The minimum absolute atomic E-state index is 0.140. The molecule has 3 N–H and O–H groups in total. The molecule has 1 aliphatic heterocycles. The predicted octanol–water partition coefficient (Wildman–Crippen LogP) is 6.72. The number of benzene rings is 2. The maximum absolute atomic E-state index is 15.0. The summed E-state index contributed by atoms with van der Waals surface area (Å²) >= 11 is 0. The highest BCUT2D eigenvalue weighted by molar-refractivity contribution is 6.05. The van der Waals surface area contributed by atoms with Gasteiger partial charge >= 0.3 is 0 Å². The van der Waals surface area contributed by atoms with E-state index in [1.807, 2.05) is 52.0 Å². The summed E-state index contributed by atoms with van der Waals surface area (Å²) in [5.41, 5.74) is 2.12. The fraction of sp³-hybridized carbons (Fsp3) is 0.375. The molecule has 214 valence electrons. The summed E-state index contributed by atoms with van der Waals surface area (Å²) in [7, 11) is 0. The maximum Gasteiger partial charge on any atom is 0.228 e. The number of nitrogens with one attached hydrogen (secondary N) is 3. The average molecular weight is 557 g/mol. The molecule has 4 aromatic rings. The van der Waals surface area contributed by atoms with E-state index in [4.69, 9.17) is 9.72 Å². The van der Waals surface area contributed by atoms with Crippen molar-refractivity contribution in [1.82, 2.24) is 20.3 Å². The molecule has 1 fully saturated rings. The van der Waals surface area contributed by atoms with Gasteiger partial charge in [0.15, 0.2) is 0 Å². The fourth-order valence-electron chi connectivity index (χ4n) is 5.18. The number of hydrogen-bond acceptors (Lipinski definition) is 7. The minimum atomic E-state index is -0.503. The van der Waals surface area contributed by atoms with Gasteiger partial charge in [-0.05, 0) is 67.1 Å². The molecule has 0 radical (unpaired) electrons. The number of piperidine rings is 1. The summed E-state index contributed by atoms with van der Waals surface area (Å²) in [6, 6.07) is 12.5. The number of pyridine rings is 1. The molecule has 1 saturated heterocycles. The number of halogens is 1. The molecule has 9 heteroatoms. The van der Waals surface area contributed by atoms with Crippen molar-refractivity contribution < 1.29 is 13.9 Å². The number of aryl methyl sites for hydroxylation is 1. The van der Waals surface area contributed by atoms with Gasteiger partial charge in [0.2, 0.25) is 17.7 Å². The lowest BCUT2D eigenvalue weighted by atomic mass is 9.92. The lowest BCUT2D eigenvalue weighted by Crippen LogP contribution is -2.42. The first-order chi connectivity index (χ1) is 19.6. The van der Waals surface area contributed by atoms with E-state index in [1.54, 1.807) is 24.5 Å². The van der Waals surface area contributed by atoms with Gasteiger partial charge in [0.05, 0.1) is 16.9 Å². The van der Waals surface area contributed by atoms with E-state index in [2.05, 4.69) is 32.8 Å². The van der Waals surface area contributed by atoms with Crippen LogP contribution in [0.15, 0.2) is 54.9 Å². The van der Waals surface area contributed by atoms with Gasteiger partial charge in [-0.25, -0.2) is 19.3 Å². The van der Waals surface area contributed by atoms with Crippen LogP contribution in [0.5, 0.6) is 11.6 Å². The van der Waals surface area contributed by atoms with Crippen molar-refractivity contribution in [3.63, 3.8) is 0 Å². The van der Waals surface area contributed by atoms with Crippen molar-refractivity contribution in [3.05, 3.63) is 66.2 Å². The highest BCUT2D eigenvalue weighted by atomic mass is 19.1. The first-order valence-electron chi connectivity index (χ1n) is 14.0. The molecule has 0 unspecified atom stereocenters. The van der Waals surface area contributed by atoms with E-state index >= 15 is 0 Å². The molecule has 0 saturated carbocycles.